The van der Waals surface area contributed by atoms with Gasteiger partial charge in [0.05, 0.1) is 4.92 Å². The van der Waals surface area contributed by atoms with Gasteiger partial charge in [-0.1, -0.05) is 12.1 Å². The molecule has 2 rings (SSSR count). The van der Waals surface area contributed by atoms with Gasteiger partial charge >= 0.3 is 0 Å². The fourth-order valence-corrected chi connectivity index (χ4v) is 1.34. The number of nitro benzene ring substituents is 1. The number of nitro groups is 1. The van der Waals surface area contributed by atoms with E-state index in [1.807, 2.05) is 0 Å². The molecule has 14 heavy (non-hydrogen) atoms. The molecule has 0 saturated heterocycles. The number of halogens is 1. The van der Waals surface area contributed by atoms with Crippen LogP contribution in [0.25, 0.3) is 0 Å². The van der Waals surface area contributed by atoms with Crippen molar-refractivity contribution in [1.29, 1.82) is 0 Å². The summed E-state index contributed by atoms with van der Waals surface area (Å²) in [7, 11) is 0. The average molecular weight is 215 g/mol. The largest absolute Gasteiger partial charge is 0.321 e. The van der Waals surface area contributed by atoms with Gasteiger partial charge in [0.1, 0.15) is 0 Å². The summed E-state index contributed by atoms with van der Waals surface area (Å²) in [5.41, 5.74) is 6.84. The smallest absolute Gasteiger partial charge is 0.269 e. The summed E-state index contributed by atoms with van der Waals surface area (Å²) in [6.45, 7) is 0. The second kappa shape index (κ2) is 3.55. The van der Waals surface area contributed by atoms with Crippen LogP contribution in [-0.2, 0) is 5.54 Å². The van der Waals surface area contributed by atoms with E-state index in [1.165, 1.54) is 12.1 Å². The van der Waals surface area contributed by atoms with Crippen molar-refractivity contribution in [3.8, 4) is 0 Å². The Hall–Kier alpha value is -1.13. The van der Waals surface area contributed by atoms with Crippen molar-refractivity contribution in [1.82, 2.24) is 0 Å². The Morgan fingerprint density at radius 2 is 1.79 bits per heavy atom. The highest BCUT2D eigenvalue weighted by Gasteiger charge is 2.39. The van der Waals surface area contributed by atoms with Crippen molar-refractivity contribution in [2.24, 2.45) is 5.73 Å². The molecule has 2 N–H and O–H groups in total. The third kappa shape index (κ3) is 1.86. The summed E-state index contributed by atoms with van der Waals surface area (Å²) >= 11 is 0. The van der Waals surface area contributed by atoms with Gasteiger partial charge in [0.25, 0.3) is 5.69 Å². The zero-order valence-electron chi connectivity index (χ0n) is 7.47. The Morgan fingerprint density at radius 1 is 1.29 bits per heavy atom. The van der Waals surface area contributed by atoms with Crippen LogP contribution in [0, 0.1) is 10.1 Å². The van der Waals surface area contributed by atoms with Crippen LogP contribution in [0.2, 0.25) is 0 Å². The fraction of sp³-hybridized carbons (Fsp3) is 0.333. The van der Waals surface area contributed by atoms with E-state index in [-0.39, 0.29) is 23.6 Å². The Bertz CT molecular complexity index is 346. The molecule has 1 saturated carbocycles. The summed E-state index contributed by atoms with van der Waals surface area (Å²) in [6, 6.07) is 6.49. The van der Waals surface area contributed by atoms with Crippen molar-refractivity contribution in [3.63, 3.8) is 0 Å². The normalized spacial score (nSPS) is 16.9. The highest BCUT2D eigenvalue weighted by atomic mass is 35.5. The van der Waals surface area contributed by atoms with Crippen molar-refractivity contribution in [2.45, 2.75) is 18.4 Å². The standard InChI is InChI=1S/C9H10N2O2.ClH/c10-9(5-6-9)7-1-3-8(4-2-7)11(12)13;/h1-4H,5-6,10H2;1H. The topological polar surface area (TPSA) is 69.2 Å². The van der Waals surface area contributed by atoms with E-state index >= 15 is 0 Å². The van der Waals surface area contributed by atoms with Crippen LogP contribution in [0.4, 0.5) is 5.69 Å². The maximum atomic E-state index is 10.4. The van der Waals surface area contributed by atoms with Crippen LogP contribution in [0.5, 0.6) is 0 Å². The number of benzene rings is 1. The number of hydrogen-bond acceptors (Lipinski definition) is 3. The van der Waals surface area contributed by atoms with Crippen LogP contribution >= 0.6 is 12.4 Å². The molecule has 0 radical (unpaired) electrons. The number of nitrogens with two attached hydrogens (primary N) is 1. The van der Waals surface area contributed by atoms with Crippen molar-refractivity contribution >= 4 is 18.1 Å². The molecule has 0 aromatic heterocycles. The summed E-state index contributed by atoms with van der Waals surface area (Å²) in [4.78, 5) is 9.95. The lowest BCUT2D eigenvalue weighted by atomic mass is 10.1. The van der Waals surface area contributed by atoms with Crippen LogP contribution in [0.3, 0.4) is 0 Å². The van der Waals surface area contributed by atoms with E-state index in [0.29, 0.717) is 0 Å². The van der Waals surface area contributed by atoms with E-state index in [4.69, 9.17) is 5.73 Å². The zero-order chi connectivity index (χ0) is 9.47. The second-order valence-corrected chi connectivity index (χ2v) is 3.46. The zero-order valence-corrected chi connectivity index (χ0v) is 8.29. The molecule has 1 aromatic rings. The van der Waals surface area contributed by atoms with E-state index in [9.17, 15) is 10.1 Å². The first-order chi connectivity index (χ1) is 6.12. The van der Waals surface area contributed by atoms with Gasteiger partial charge < -0.3 is 5.73 Å². The highest BCUT2D eigenvalue weighted by molar-refractivity contribution is 5.85. The van der Waals surface area contributed by atoms with Gasteiger partial charge in [0.15, 0.2) is 0 Å². The molecule has 5 heteroatoms. The number of nitrogens with zero attached hydrogens (tertiary/aromatic N) is 1. The molecule has 0 aliphatic heterocycles. The van der Waals surface area contributed by atoms with E-state index in [0.717, 1.165) is 18.4 Å². The second-order valence-electron chi connectivity index (χ2n) is 3.46. The quantitative estimate of drug-likeness (QED) is 0.605. The Balaban J connectivity index is 0.000000980. The van der Waals surface area contributed by atoms with Gasteiger partial charge in [-0.3, -0.25) is 10.1 Å². The summed E-state index contributed by atoms with van der Waals surface area (Å²) in [5, 5.41) is 10.4. The molecule has 0 spiro atoms. The molecule has 76 valence electrons. The van der Waals surface area contributed by atoms with Crippen LogP contribution in [0.1, 0.15) is 18.4 Å². The number of non-ortho nitro benzene ring substituents is 1. The van der Waals surface area contributed by atoms with E-state index < -0.39 is 4.92 Å². The Morgan fingerprint density at radius 3 is 2.14 bits per heavy atom. The maximum absolute atomic E-state index is 10.4. The van der Waals surface area contributed by atoms with Crippen molar-refractivity contribution in [2.75, 3.05) is 0 Å². The monoisotopic (exact) mass is 214 g/mol. The van der Waals surface area contributed by atoms with E-state index in [2.05, 4.69) is 0 Å². The minimum absolute atomic E-state index is 0. The molecule has 0 amide bonds. The predicted octanol–water partition coefficient (Wildman–Crippen LogP) is 1.96. The molecular weight excluding hydrogens is 204 g/mol. The van der Waals surface area contributed by atoms with Crippen molar-refractivity contribution in [3.05, 3.63) is 39.9 Å². The first-order valence-electron chi connectivity index (χ1n) is 4.16. The predicted molar refractivity (Wildman–Crippen MR) is 55.4 cm³/mol. The van der Waals surface area contributed by atoms with Gasteiger partial charge in [0.2, 0.25) is 0 Å². The third-order valence-corrected chi connectivity index (χ3v) is 2.44. The molecular formula is C9H11ClN2O2. The number of hydrogen-bond donors (Lipinski definition) is 1. The van der Waals surface area contributed by atoms with Gasteiger partial charge in [-0.15, -0.1) is 12.4 Å². The van der Waals surface area contributed by atoms with Crippen molar-refractivity contribution < 1.29 is 4.92 Å². The first kappa shape index (κ1) is 10.9. The molecule has 0 unspecified atom stereocenters. The highest BCUT2D eigenvalue weighted by Crippen LogP contribution is 2.42. The van der Waals surface area contributed by atoms with E-state index in [1.54, 1.807) is 12.1 Å². The average Bonchev–Trinajstić information content (AvgIpc) is 2.85. The molecule has 0 bridgehead atoms. The fourth-order valence-electron chi connectivity index (χ4n) is 1.34. The first-order valence-corrected chi connectivity index (χ1v) is 4.16. The number of rotatable bonds is 2. The van der Waals surface area contributed by atoms with Crippen LogP contribution in [0.15, 0.2) is 24.3 Å². The Labute approximate surface area is 87.7 Å². The maximum Gasteiger partial charge on any atom is 0.269 e. The minimum atomic E-state index is -0.403. The van der Waals surface area contributed by atoms with Gasteiger partial charge in [0, 0.05) is 17.7 Å². The molecule has 1 aliphatic rings. The summed E-state index contributed by atoms with van der Waals surface area (Å²) < 4.78 is 0. The van der Waals surface area contributed by atoms with Crippen LogP contribution in [-0.4, -0.2) is 4.92 Å². The molecule has 1 aromatic carbocycles. The lowest BCUT2D eigenvalue weighted by Gasteiger charge is -2.07. The molecule has 0 heterocycles. The lowest BCUT2D eigenvalue weighted by Crippen LogP contribution is -2.18. The summed E-state index contributed by atoms with van der Waals surface area (Å²) in [6.07, 6.45) is 1.95. The van der Waals surface area contributed by atoms with Gasteiger partial charge in [-0.05, 0) is 18.4 Å². The van der Waals surface area contributed by atoms with Crippen LogP contribution < -0.4 is 5.73 Å². The molecule has 1 fully saturated rings. The Kier molecular flexibility index (Phi) is 2.78. The third-order valence-electron chi connectivity index (χ3n) is 2.44. The molecule has 1 aliphatic carbocycles. The minimum Gasteiger partial charge on any atom is -0.321 e. The molecule has 4 nitrogen and oxygen atoms in total. The molecule has 0 atom stereocenters. The van der Waals surface area contributed by atoms with Gasteiger partial charge in [-0.2, -0.15) is 0 Å². The van der Waals surface area contributed by atoms with Gasteiger partial charge in [-0.25, -0.2) is 0 Å². The summed E-state index contributed by atoms with van der Waals surface area (Å²) in [5.74, 6) is 0. The lowest BCUT2D eigenvalue weighted by molar-refractivity contribution is -0.384. The SMILES string of the molecule is Cl.NC1(c2ccc([N+](=O)[O-])cc2)CC1.